The van der Waals surface area contributed by atoms with Crippen LogP contribution in [0.25, 0.3) is 0 Å². The quantitative estimate of drug-likeness (QED) is 0.733. The van der Waals surface area contributed by atoms with E-state index in [9.17, 15) is 13.2 Å². The summed E-state index contributed by atoms with van der Waals surface area (Å²) in [6.07, 6.45) is 4.52. The molecule has 2 nitrogen and oxygen atoms in total. The molecule has 1 aliphatic carbocycles. The maximum atomic E-state index is 13.1. The molecule has 0 bridgehead atoms. The van der Waals surface area contributed by atoms with Gasteiger partial charge in [-0.25, -0.2) is 4.98 Å². The molecule has 2 heterocycles. The van der Waals surface area contributed by atoms with Crippen molar-refractivity contribution in [3.05, 3.63) is 52.4 Å². The summed E-state index contributed by atoms with van der Waals surface area (Å²) in [4.78, 5) is 5.33. The van der Waals surface area contributed by atoms with Crippen molar-refractivity contribution >= 4 is 23.2 Å². The van der Waals surface area contributed by atoms with E-state index in [1.165, 1.54) is 23.2 Å². The van der Waals surface area contributed by atoms with E-state index in [-0.39, 0.29) is 17.1 Å². The number of hydrogen-bond acceptors (Lipinski definition) is 2. The molecule has 2 aliphatic rings. The maximum absolute atomic E-state index is 13.1. The number of nitrogens with zero attached hydrogens (tertiary/aromatic N) is 2. The van der Waals surface area contributed by atoms with Crippen LogP contribution < -0.4 is 0 Å². The minimum atomic E-state index is -4.31. The molecule has 1 atom stereocenters. The van der Waals surface area contributed by atoms with E-state index in [2.05, 4.69) is 4.98 Å². The fourth-order valence-corrected chi connectivity index (χ4v) is 3.36. The maximum Gasteiger partial charge on any atom is 0.412 e. The average molecular weight is 349 g/mol. The molecule has 0 aromatic carbocycles. The zero-order valence-electron chi connectivity index (χ0n) is 11.4. The molecule has 1 aromatic rings. The van der Waals surface area contributed by atoms with Gasteiger partial charge in [-0.05, 0) is 36.7 Å². The molecule has 22 heavy (non-hydrogen) atoms. The molecule has 0 saturated heterocycles. The van der Waals surface area contributed by atoms with Gasteiger partial charge in [0.25, 0.3) is 0 Å². The number of halogens is 5. The molecule has 1 saturated carbocycles. The molecule has 1 unspecified atom stereocenters. The molecular weight excluding hydrogens is 336 g/mol. The van der Waals surface area contributed by atoms with Gasteiger partial charge >= 0.3 is 6.18 Å². The highest BCUT2D eigenvalue weighted by Crippen LogP contribution is 2.51. The smallest absolute Gasteiger partial charge is 0.362 e. The molecule has 7 heteroatoms. The van der Waals surface area contributed by atoms with Gasteiger partial charge in [0, 0.05) is 23.2 Å². The summed E-state index contributed by atoms with van der Waals surface area (Å²) < 4.78 is 39.4. The van der Waals surface area contributed by atoms with Crippen LogP contribution in [0.3, 0.4) is 0 Å². The Balaban J connectivity index is 1.85. The highest BCUT2D eigenvalue weighted by Gasteiger charge is 2.50. The average Bonchev–Trinajstić information content (AvgIpc) is 3.18. The van der Waals surface area contributed by atoms with Crippen molar-refractivity contribution in [3.63, 3.8) is 0 Å². The van der Waals surface area contributed by atoms with E-state index < -0.39 is 12.2 Å². The summed E-state index contributed by atoms with van der Waals surface area (Å²) in [6, 6.07) is -0.0693. The molecule has 1 aromatic heterocycles. The number of aromatic nitrogens is 1. The van der Waals surface area contributed by atoms with Gasteiger partial charge in [0.2, 0.25) is 0 Å². The summed E-state index contributed by atoms with van der Waals surface area (Å²) in [5.41, 5.74) is 0.385. The zero-order chi connectivity index (χ0) is 16.0. The lowest BCUT2D eigenvalue weighted by atomic mass is 9.95. The van der Waals surface area contributed by atoms with Crippen molar-refractivity contribution < 1.29 is 13.2 Å². The van der Waals surface area contributed by atoms with Crippen LogP contribution in [0.1, 0.15) is 18.4 Å². The van der Waals surface area contributed by atoms with Crippen molar-refractivity contribution in [2.75, 3.05) is 6.54 Å². The van der Waals surface area contributed by atoms with Crippen LogP contribution in [0.15, 0.2) is 36.7 Å². The Kier molecular flexibility index (Phi) is 3.89. The Morgan fingerprint density at radius 2 is 2.00 bits per heavy atom. The summed E-state index contributed by atoms with van der Waals surface area (Å²) in [5, 5.41) is 0.733. The van der Waals surface area contributed by atoms with Crippen LogP contribution in [0.5, 0.6) is 0 Å². The fourth-order valence-electron chi connectivity index (χ4n) is 2.79. The van der Waals surface area contributed by atoms with E-state index in [4.69, 9.17) is 23.2 Å². The Morgan fingerprint density at radius 3 is 2.59 bits per heavy atom. The first-order chi connectivity index (χ1) is 10.3. The molecule has 3 rings (SSSR count). The third-order valence-electron chi connectivity index (χ3n) is 4.10. The van der Waals surface area contributed by atoms with E-state index >= 15 is 0 Å². The molecule has 0 N–H and O–H groups in total. The van der Waals surface area contributed by atoms with Crippen molar-refractivity contribution in [1.29, 1.82) is 0 Å². The highest BCUT2D eigenvalue weighted by atomic mass is 35.5. The van der Waals surface area contributed by atoms with Crippen molar-refractivity contribution in [2.45, 2.75) is 30.5 Å². The van der Waals surface area contributed by atoms with Crippen molar-refractivity contribution in [2.24, 2.45) is 0 Å². The van der Waals surface area contributed by atoms with Crippen LogP contribution in [-0.4, -0.2) is 28.6 Å². The first-order valence-electron chi connectivity index (χ1n) is 6.81. The number of hydrogen-bond donors (Lipinski definition) is 0. The lowest BCUT2D eigenvalue weighted by Gasteiger charge is -2.35. The SMILES string of the molecule is FC(F)(F)C1C=CC=CN1CC1(c2cnc(Cl)cc2Cl)CC1. The summed E-state index contributed by atoms with van der Waals surface area (Å²) in [6.45, 7) is 0.251. The predicted molar refractivity (Wildman–Crippen MR) is 80.0 cm³/mol. The van der Waals surface area contributed by atoms with Crippen LogP contribution >= 0.6 is 23.2 Å². The van der Waals surface area contributed by atoms with Gasteiger partial charge in [-0.3, -0.25) is 0 Å². The first-order valence-corrected chi connectivity index (χ1v) is 7.56. The second kappa shape index (κ2) is 5.46. The normalized spacial score (nSPS) is 23.0. The minimum Gasteiger partial charge on any atom is -0.362 e. The third-order valence-corrected chi connectivity index (χ3v) is 4.62. The summed E-state index contributed by atoms with van der Waals surface area (Å²) in [5.74, 6) is 0. The number of alkyl halides is 3. The van der Waals surface area contributed by atoms with Gasteiger partial charge < -0.3 is 4.90 Å². The molecule has 1 fully saturated rings. The van der Waals surface area contributed by atoms with Crippen LogP contribution in [-0.2, 0) is 5.41 Å². The van der Waals surface area contributed by atoms with Gasteiger partial charge in [0.15, 0.2) is 0 Å². The Bertz CT molecular complexity index is 636. The summed E-state index contributed by atoms with van der Waals surface area (Å²) >= 11 is 12.0. The van der Waals surface area contributed by atoms with Crippen LogP contribution in [0.4, 0.5) is 13.2 Å². The molecular formula is C15H13Cl2F3N2. The van der Waals surface area contributed by atoms with Crippen LogP contribution in [0, 0.1) is 0 Å². The summed E-state index contributed by atoms with van der Waals surface area (Å²) in [7, 11) is 0. The minimum absolute atomic E-state index is 0.251. The lowest BCUT2D eigenvalue weighted by molar-refractivity contribution is -0.164. The highest BCUT2D eigenvalue weighted by molar-refractivity contribution is 6.34. The lowest BCUT2D eigenvalue weighted by Crippen LogP contribution is -2.45. The number of allylic oxidation sites excluding steroid dienone is 2. The molecule has 118 valence electrons. The molecule has 0 amide bonds. The van der Waals surface area contributed by atoms with E-state index in [0.29, 0.717) is 5.02 Å². The zero-order valence-corrected chi connectivity index (χ0v) is 13.0. The molecule has 1 aliphatic heterocycles. The van der Waals surface area contributed by atoms with Gasteiger partial charge in [-0.2, -0.15) is 13.2 Å². The Morgan fingerprint density at radius 1 is 1.27 bits per heavy atom. The van der Waals surface area contributed by atoms with E-state index in [0.717, 1.165) is 24.5 Å². The topological polar surface area (TPSA) is 16.1 Å². The van der Waals surface area contributed by atoms with Gasteiger partial charge in [0.1, 0.15) is 11.2 Å². The van der Waals surface area contributed by atoms with Crippen LogP contribution in [0.2, 0.25) is 10.2 Å². The van der Waals surface area contributed by atoms with Crippen molar-refractivity contribution in [1.82, 2.24) is 9.88 Å². The second-order valence-electron chi connectivity index (χ2n) is 5.65. The fraction of sp³-hybridized carbons (Fsp3) is 0.400. The van der Waals surface area contributed by atoms with Gasteiger partial charge in [-0.1, -0.05) is 35.4 Å². The largest absolute Gasteiger partial charge is 0.412 e. The molecule has 0 radical (unpaired) electrons. The van der Waals surface area contributed by atoms with Crippen molar-refractivity contribution in [3.8, 4) is 0 Å². The monoisotopic (exact) mass is 348 g/mol. The molecule has 0 spiro atoms. The Labute approximate surface area is 136 Å². The number of pyridine rings is 1. The van der Waals surface area contributed by atoms with E-state index in [1.54, 1.807) is 12.3 Å². The number of rotatable bonds is 3. The third kappa shape index (κ3) is 2.97. The van der Waals surface area contributed by atoms with Gasteiger partial charge in [0.05, 0.1) is 0 Å². The van der Waals surface area contributed by atoms with E-state index in [1.807, 2.05) is 0 Å². The first kappa shape index (κ1) is 15.7. The second-order valence-corrected chi connectivity index (χ2v) is 6.45. The predicted octanol–water partition coefficient (Wildman–Crippen LogP) is 4.74. The standard InChI is InChI=1S/C15H13Cl2F3N2/c16-11-7-13(17)21-8-10(11)14(4-5-14)9-22-6-2-1-3-12(22)15(18,19)20/h1-3,6-8,12H,4-5,9H2. The van der Waals surface area contributed by atoms with Gasteiger partial charge in [-0.15, -0.1) is 0 Å². The Hall–Kier alpha value is -1.20.